The molecule has 4 rings (SSSR count). The van der Waals surface area contributed by atoms with Crippen LogP contribution in [0.2, 0.25) is 0 Å². The zero-order valence-electron chi connectivity index (χ0n) is 16.9. The highest BCUT2D eigenvalue weighted by Gasteiger charge is 2.28. The first-order chi connectivity index (χ1) is 13.9. The van der Waals surface area contributed by atoms with Crippen LogP contribution in [0.25, 0.3) is 22.3 Å². The topological polar surface area (TPSA) is 84.2 Å². The van der Waals surface area contributed by atoms with E-state index in [1.54, 1.807) is 12.1 Å². The van der Waals surface area contributed by atoms with E-state index in [2.05, 4.69) is 9.88 Å². The minimum Gasteiger partial charge on any atom is -0.478 e. The zero-order valence-corrected chi connectivity index (χ0v) is 17.7. The van der Waals surface area contributed by atoms with E-state index in [0.29, 0.717) is 11.0 Å². The molecular formula is C22H25N3O3S. The van der Waals surface area contributed by atoms with Crippen molar-refractivity contribution in [2.24, 2.45) is 13.0 Å². The number of carboxylic acids is 1. The highest BCUT2D eigenvalue weighted by Crippen LogP contribution is 2.45. The van der Waals surface area contributed by atoms with Gasteiger partial charge in [-0.3, -0.25) is 4.79 Å². The second kappa shape index (κ2) is 7.63. The van der Waals surface area contributed by atoms with E-state index in [4.69, 9.17) is 4.98 Å². The lowest BCUT2D eigenvalue weighted by Gasteiger charge is -2.12. The Bertz CT molecular complexity index is 1090. The second-order valence-electron chi connectivity index (χ2n) is 8.02. The Morgan fingerprint density at radius 2 is 2.00 bits per heavy atom. The standard InChI is InChI=1S/C22H25N3O3S/c1-12(2)20(26)24-22-23-16(11-29-22)19-18(13-6-4-5-7-13)15-9-8-14(21(27)28)10-17(15)25(19)3/h8-13H,4-7H2,1-3H3,(H,27,28)(H,23,24,26). The number of benzene rings is 1. The highest BCUT2D eigenvalue weighted by atomic mass is 32.1. The van der Waals surface area contributed by atoms with Gasteiger partial charge in [0.15, 0.2) is 5.13 Å². The first-order valence-electron chi connectivity index (χ1n) is 9.99. The van der Waals surface area contributed by atoms with E-state index in [9.17, 15) is 14.7 Å². The number of nitrogens with one attached hydrogen (secondary N) is 1. The summed E-state index contributed by atoms with van der Waals surface area (Å²) >= 11 is 1.42. The summed E-state index contributed by atoms with van der Waals surface area (Å²) in [6.45, 7) is 3.71. The molecule has 1 fully saturated rings. The van der Waals surface area contributed by atoms with Crippen LogP contribution in [0.15, 0.2) is 23.6 Å². The van der Waals surface area contributed by atoms with Crippen LogP contribution >= 0.6 is 11.3 Å². The van der Waals surface area contributed by atoms with Crippen molar-refractivity contribution in [2.75, 3.05) is 5.32 Å². The van der Waals surface area contributed by atoms with E-state index >= 15 is 0 Å². The quantitative estimate of drug-likeness (QED) is 0.600. The Hall–Kier alpha value is -2.67. The maximum atomic E-state index is 12.0. The fourth-order valence-electron chi connectivity index (χ4n) is 4.23. The largest absolute Gasteiger partial charge is 0.478 e. The molecule has 1 aliphatic rings. The van der Waals surface area contributed by atoms with Crippen molar-refractivity contribution < 1.29 is 14.7 Å². The smallest absolute Gasteiger partial charge is 0.335 e. The third-order valence-electron chi connectivity index (χ3n) is 5.75. The average Bonchev–Trinajstić information content (AvgIpc) is 3.41. The molecule has 0 spiro atoms. The van der Waals surface area contributed by atoms with Gasteiger partial charge in [-0.1, -0.05) is 32.8 Å². The number of rotatable bonds is 5. The number of hydrogen-bond acceptors (Lipinski definition) is 4. The number of fused-ring (bicyclic) bond motifs is 1. The number of carbonyl (C=O) groups is 2. The minimum atomic E-state index is -0.926. The molecule has 6 nitrogen and oxygen atoms in total. The monoisotopic (exact) mass is 411 g/mol. The molecule has 0 aliphatic heterocycles. The van der Waals surface area contributed by atoms with E-state index in [1.807, 2.05) is 32.3 Å². The number of carboxylic acid groups (broad SMARTS) is 1. The maximum absolute atomic E-state index is 12.0. The predicted octanol–water partition coefficient (Wildman–Crippen LogP) is 5.25. The van der Waals surface area contributed by atoms with Crippen molar-refractivity contribution >= 4 is 39.2 Å². The SMILES string of the molecule is CC(C)C(=O)Nc1nc(-c2c(C3CCCC3)c3ccc(C(=O)O)cc3n2C)cs1. The van der Waals surface area contributed by atoms with Crippen LogP contribution < -0.4 is 5.32 Å². The van der Waals surface area contributed by atoms with Gasteiger partial charge in [0.2, 0.25) is 5.91 Å². The fourth-order valence-corrected chi connectivity index (χ4v) is 4.92. The van der Waals surface area contributed by atoms with Crippen molar-refractivity contribution in [1.29, 1.82) is 0 Å². The van der Waals surface area contributed by atoms with Gasteiger partial charge >= 0.3 is 5.97 Å². The summed E-state index contributed by atoms with van der Waals surface area (Å²) in [6.07, 6.45) is 4.68. The number of aromatic nitrogens is 2. The first kappa shape index (κ1) is 19.6. The minimum absolute atomic E-state index is 0.0509. The normalized spacial score (nSPS) is 14.8. The third kappa shape index (κ3) is 3.55. The van der Waals surface area contributed by atoms with Gasteiger partial charge in [-0.2, -0.15) is 0 Å². The van der Waals surface area contributed by atoms with Crippen molar-refractivity contribution in [3.8, 4) is 11.4 Å². The fraction of sp³-hybridized carbons (Fsp3) is 0.409. The molecule has 0 unspecified atom stereocenters. The first-order valence-corrected chi connectivity index (χ1v) is 10.9. The molecule has 29 heavy (non-hydrogen) atoms. The van der Waals surface area contributed by atoms with Crippen LogP contribution in [0.1, 0.15) is 61.4 Å². The number of thiazole rings is 1. The number of amides is 1. The molecular weight excluding hydrogens is 386 g/mol. The molecule has 152 valence electrons. The van der Waals surface area contributed by atoms with Gasteiger partial charge in [-0.05, 0) is 36.5 Å². The Labute approximate surface area is 173 Å². The summed E-state index contributed by atoms with van der Waals surface area (Å²) in [4.78, 5) is 28.2. The lowest BCUT2D eigenvalue weighted by molar-refractivity contribution is -0.118. The summed E-state index contributed by atoms with van der Waals surface area (Å²) < 4.78 is 2.05. The summed E-state index contributed by atoms with van der Waals surface area (Å²) in [6, 6.07) is 5.36. The van der Waals surface area contributed by atoms with Crippen LogP contribution in [0.3, 0.4) is 0 Å². The predicted molar refractivity (Wildman–Crippen MR) is 116 cm³/mol. The Morgan fingerprint density at radius 1 is 1.28 bits per heavy atom. The zero-order chi connectivity index (χ0) is 20.7. The molecule has 2 N–H and O–H groups in total. The summed E-state index contributed by atoms with van der Waals surface area (Å²) in [7, 11) is 1.97. The molecule has 0 bridgehead atoms. The molecule has 2 heterocycles. The van der Waals surface area contributed by atoms with Crippen molar-refractivity contribution in [1.82, 2.24) is 9.55 Å². The number of hydrogen-bond donors (Lipinski definition) is 2. The lowest BCUT2D eigenvalue weighted by atomic mass is 9.93. The third-order valence-corrected chi connectivity index (χ3v) is 6.51. The van der Waals surface area contributed by atoms with Gasteiger partial charge in [-0.25, -0.2) is 9.78 Å². The molecule has 0 radical (unpaired) electrons. The molecule has 1 amide bonds. The van der Waals surface area contributed by atoms with Gasteiger partial charge in [0, 0.05) is 29.2 Å². The van der Waals surface area contributed by atoms with Crippen LogP contribution in [-0.2, 0) is 11.8 Å². The second-order valence-corrected chi connectivity index (χ2v) is 8.88. The van der Waals surface area contributed by atoms with Gasteiger partial charge in [-0.15, -0.1) is 11.3 Å². The van der Waals surface area contributed by atoms with Crippen LogP contribution in [0, 0.1) is 5.92 Å². The van der Waals surface area contributed by atoms with Crippen LogP contribution in [-0.4, -0.2) is 26.5 Å². The van der Waals surface area contributed by atoms with E-state index < -0.39 is 5.97 Å². The number of carbonyl (C=O) groups excluding carboxylic acids is 1. The Kier molecular flexibility index (Phi) is 5.17. The molecule has 1 aromatic carbocycles. The maximum Gasteiger partial charge on any atom is 0.335 e. The van der Waals surface area contributed by atoms with Gasteiger partial charge < -0.3 is 15.0 Å². The van der Waals surface area contributed by atoms with Crippen LogP contribution in [0.4, 0.5) is 5.13 Å². The summed E-state index contributed by atoms with van der Waals surface area (Å²) in [5.41, 5.74) is 4.29. The molecule has 0 atom stereocenters. The number of aryl methyl sites for hydroxylation is 1. The lowest BCUT2D eigenvalue weighted by Crippen LogP contribution is -2.17. The number of anilines is 1. The van der Waals surface area contributed by atoms with Crippen molar-refractivity contribution in [3.05, 3.63) is 34.7 Å². The highest BCUT2D eigenvalue weighted by molar-refractivity contribution is 7.14. The van der Waals surface area contributed by atoms with Gasteiger partial charge in [0.1, 0.15) is 5.69 Å². The Morgan fingerprint density at radius 3 is 2.66 bits per heavy atom. The molecule has 3 aromatic rings. The summed E-state index contributed by atoms with van der Waals surface area (Å²) in [5.74, 6) is -0.641. The van der Waals surface area contributed by atoms with E-state index in [-0.39, 0.29) is 17.4 Å². The van der Waals surface area contributed by atoms with Crippen LogP contribution in [0.5, 0.6) is 0 Å². The van der Waals surface area contributed by atoms with Gasteiger partial charge in [0.25, 0.3) is 0 Å². The number of aromatic carboxylic acids is 1. The molecule has 1 aliphatic carbocycles. The molecule has 2 aromatic heterocycles. The van der Waals surface area contributed by atoms with E-state index in [0.717, 1.165) is 35.1 Å². The average molecular weight is 412 g/mol. The van der Waals surface area contributed by atoms with Crippen molar-refractivity contribution in [3.63, 3.8) is 0 Å². The van der Waals surface area contributed by atoms with E-state index in [1.165, 1.54) is 29.7 Å². The summed E-state index contributed by atoms with van der Waals surface area (Å²) in [5, 5.41) is 16.0. The molecule has 1 saturated carbocycles. The molecule has 7 heteroatoms. The van der Waals surface area contributed by atoms with Crippen molar-refractivity contribution in [2.45, 2.75) is 45.4 Å². The van der Waals surface area contributed by atoms with Gasteiger partial charge in [0.05, 0.1) is 11.3 Å². The molecule has 0 saturated heterocycles. The Balaban J connectivity index is 1.85. The number of nitrogens with zero attached hydrogens (tertiary/aromatic N) is 2.